The third-order valence-electron chi connectivity index (χ3n) is 4.87. The van der Waals surface area contributed by atoms with E-state index in [1.807, 2.05) is 24.3 Å². The lowest BCUT2D eigenvalue weighted by Gasteiger charge is -2.22. The zero-order valence-corrected chi connectivity index (χ0v) is 16.4. The van der Waals surface area contributed by atoms with Gasteiger partial charge in [-0.25, -0.2) is 9.37 Å². The highest BCUT2D eigenvalue weighted by Crippen LogP contribution is 2.32. The summed E-state index contributed by atoms with van der Waals surface area (Å²) >= 11 is 6.03. The summed E-state index contributed by atoms with van der Waals surface area (Å²) in [5.41, 5.74) is 1.03. The largest absolute Gasteiger partial charge is 0.484 e. The van der Waals surface area contributed by atoms with E-state index >= 15 is 0 Å². The van der Waals surface area contributed by atoms with Gasteiger partial charge in [0.15, 0.2) is 6.61 Å². The Morgan fingerprint density at radius 1 is 1.28 bits per heavy atom. The van der Waals surface area contributed by atoms with Crippen LogP contribution in [0.2, 0.25) is 5.02 Å². The summed E-state index contributed by atoms with van der Waals surface area (Å²) in [7, 11) is 0. The maximum Gasteiger partial charge on any atom is 0.261 e. The molecule has 5 nitrogen and oxygen atoms in total. The van der Waals surface area contributed by atoms with Gasteiger partial charge in [-0.05, 0) is 54.8 Å². The molecule has 0 unspecified atom stereocenters. The van der Waals surface area contributed by atoms with Crippen molar-refractivity contribution in [2.75, 3.05) is 13.2 Å². The molecule has 0 aliphatic carbocycles. The normalized spacial score (nSPS) is 16.2. The van der Waals surface area contributed by atoms with Crippen molar-refractivity contribution in [3.8, 4) is 5.75 Å². The molecule has 150 valence electrons. The molecule has 0 spiro atoms. The maximum atomic E-state index is 13.0. The van der Waals surface area contributed by atoms with E-state index in [0.29, 0.717) is 29.6 Å². The second kappa shape index (κ2) is 8.66. The van der Waals surface area contributed by atoms with Crippen LogP contribution >= 0.6 is 11.6 Å². The highest BCUT2D eigenvalue weighted by Gasteiger charge is 2.33. The van der Waals surface area contributed by atoms with Crippen molar-refractivity contribution >= 4 is 17.5 Å². The average Bonchev–Trinajstić information content (AvgIpc) is 3.36. The van der Waals surface area contributed by atoms with Crippen molar-refractivity contribution in [3.63, 3.8) is 0 Å². The van der Waals surface area contributed by atoms with Crippen LogP contribution in [0, 0.1) is 5.82 Å². The van der Waals surface area contributed by atoms with Gasteiger partial charge in [0.05, 0.1) is 6.20 Å². The minimum Gasteiger partial charge on any atom is -0.484 e. The van der Waals surface area contributed by atoms with Gasteiger partial charge in [-0.1, -0.05) is 23.7 Å². The molecule has 2 heterocycles. The minimum absolute atomic E-state index is 0.113. The van der Waals surface area contributed by atoms with Crippen LogP contribution < -0.4 is 4.74 Å². The van der Waals surface area contributed by atoms with Crippen LogP contribution in [0.25, 0.3) is 0 Å². The molecular weight excluding hydrogens is 395 g/mol. The van der Waals surface area contributed by atoms with E-state index in [1.165, 1.54) is 24.3 Å². The third-order valence-corrected chi connectivity index (χ3v) is 5.11. The number of hydrogen-bond donors (Lipinski definition) is 0. The summed E-state index contributed by atoms with van der Waals surface area (Å²) in [4.78, 5) is 18.8. The Morgan fingerprint density at radius 2 is 2.10 bits per heavy atom. The predicted octanol–water partition coefficient (Wildman–Crippen LogP) is 4.80. The molecule has 1 aromatic heterocycles. The van der Waals surface area contributed by atoms with Crippen molar-refractivity contribution in [1.82, 2.24) is 9.88 Å². The number of likely N-dealkylation sites (tertiary alicyclic amines) is 1. The average molecular weight is 415 g/mol. The summed E-state index contributed by atoms with van der Waals surface area (Å²) in [5.74, 6) is 1.22. The van der Waals surface area contributed by atoms with Gasteiger partial charge in [0.25, 0.3) is 5.91 Å². The topological polar surface area (TPSA) is 55.6 Å². The fourth-order valence-electron chi connectivity index (χ4n) is 3.49. The van der Waals surface area contributed by atoms with Gasteiger partial charge in [-0.3, -0.25) is 4.79 Å². The predicted molar refractivity (Wildman–Crippen MR) is 106 cm³/mol. The number of hydrogen-bond acceptors (Lipinski definition) is 4. The van der Waals surface area contributed by atoms with Gasteiger partial charge in [0.2, 0.25) is 5.89 Å². The third kappa shape index (κ3) is 4.77. The molecule has 29 heavy (non-hydrogen) atoms. The molecule has 0 bridgehead atoms. The Labute approximate surface area is 173 Å². The van der Waals surface area contributed by atoms with Crippen molar-refractivity contribution in [2.45, 2.75) is 25.3 Å². The van der Waals surface area contributed by atoms with E-state index in [9.17, 15) is 9.18 Å². The highest BCUT2D eigenvalue weighted by molar-refractivity contribution is 6.30. The second-order valence-electron chi connectivity index (χ2n) is 6.96. The number of oxazole rings is 1. The number of carbonyl (C=O) groups is 1. The van der Waals surface area contributed by atoms with Crippen LogP contribution in [-0.2, 0) is 11.2 Å². The second-order valence-corrected chi connectivity index (χ2v) is 7.40. The fourth-order valence-corrected chi connectivity index (χ4v) is 3.70. The summed E-state index contributed by atoms with van der Waals surface area (Å²) in [6, 6.07) is 13.0. The van der Waals surface area contributed by atoms with E-state index in [0.717, 1.165) is 24.2 Å². The van der Waals surface area contributed by atoms with Crippen LogP contribution in [0.4, 0.5) is 4.39 Å². The molecule has 1 aliphatic rings. The highest BCUT2D eigenvalue weighted by atomic mass is 35.5. The molecule has 1 fully saturated rings. The Bertz CT molecular complexity index is 990. The Kier molecular flexibility index (Phi) is 5.81. The molecule has 1 aliphatic heterocycles. The molecule has 4 rings (SSSR count). The zero-order chi connectivity index (χ0) is 20.2. The van der Waals surface area contributed by atoms with Gasteiger partial charge in [0, 0.05) is 18.0 Å². The molecule has 3 aromatic rings. The summed E-state index contributed by atoms with van der Waals surface area (Å²) in [6.45, 7) is 0.514. The molecule has 1 amide bonds. The first kappa shape index (κ1) is 19.5. The number of carbonyl (C=O) groups excluding carboxylic acids is 1. The molecule has 0 N–H and O–H groups in total. The van der Waals surface area contributed by atoms with Crippen LogP contribution in [-0.4, -0.2) is 28.9 Å². The first-order valence-corrected chi connectivity index (χ1v) is 9.83. The number of rotatable bonds is 6. The lowest BCUT2D eigenvalue weighted by atomic mass is 10.1. The monoisotopic (exact) mass is 414 g/mol. The lowest BCUT2D eigenvalue weighted by molar-refractivity contribution is -0.134. The van der Waals surface area contributed by atoms with E-state index in [1.54, 1.807) is 11.1 Å². The van der Waals surface area contributed by atoms with E-state index in [2.05, 4.69) is 4.98 Å². The number of aromatic nitrogens is 1. The van der Waals surface area contributed by atoms with Crippen molar-refractivity contribution in [2.24, 2.45) is 0 Å². The van der Waals surface area contributed by atoms with Gasteiger partial charge in [-0.15, -0.1) is 0 Å². The van der Waals surface area contributed by atoms with E-state index in [4.69, 9.17) is 20.8 Å². The molecular formula is C22H20ClFN2O3. The maximum absolute atomic E-state index is 13.0. The molecule has 2 aromatic carbocycles. The Morgan fingerprint density at radius 3 is 2.90 bits per heavy atom. The van der Waals surface area contributed by atoms with Crippen LogP contribution in [0.15, 0.2) is 59.1 Å². The fraction of sp³-hybridized carbons (Fsp3) is 0.273. The molecule has 0 saturated carbocycles. The molecule has 0 radical (unpaired) electrons. The summed E-state index contributed by atoms with van der Waals surface area (Å²) in [6.07, 6.45) is 3.95. The molecule has 1 saturated heterocycles. The smallest absolute Gasteiger partial charge is 0.261 e. The van der Waals surface area contributed by atoms with Crippen molar-refractivity contribution < 1.29 is 18.3 Å². The first-order chi connectivity index (χ1) is 14.1. The van der Waals surface area contributed by atoms with Crippen LogP contribution in [0.5, 0.6) is 5.75 Å². The number of amides is 1. The van der Waals surface area contributed by atoms with Crippen LogP contribution in [0.1, 0.15) is 36.1 Å². The minimum atomic E-state index is -0.347. The van der Waals surface area contributed by atoms with Gasteiger partial charge < -0.3 is 14.1 Å². The summed E-state index contributed by atoms with van der Waals surface area (Å²) in [5, 5.41) is 0.677. The standard InChI is InChI=1S/C22H20ClFN2O3/c23-16-4-1-3-15(11-16)12-19-13-25-22(29-19)20-5-2-10-26(20)21(27)14-28-18-8-6-17(24)7-9-18/h1,3-4,6-9,11,13,20H,2,5,10,12,14H2/t20-/m0/s1. The lowest BCUT2D eigenvalue weighted by Crippen LogP contribution is -2.34. The van der Waals surface area contributed by atoms with E-state index < -0.39 is 0 Å². The number of halogens is 2. The van der Waals surface area contributed by atoms with Gasteiger partial charge >= 0.3 is 0 Å². The Balaban J connectivity index is 1.39. The van der Waals surface area contributed by atoms with Gasteiger partial charge in [0.1, 0.15) is 23.4 Å². The quantitative estimate of drug-likeness (QED) is 0.581. The van der Waals surface area contributed by atoms with Gasteiger partial charge in [-0.2, -0.15) is 0 Å². The van der Waals surface area contributed by atoms with Crippen molar-refractivity contribution in [3.05, 3.63) is 82.8 Å². The van der Waals surface area contributed by atoms with Crippen molar-refractivity contribution in [1.29, 1.82) is 0 Å². The number of nitrogens with zero attached hydrogens (tertiary/aromatic N) is 2. The molecule has 1 atom stereocenters. The number of ether oxygens (including phenoxy) is 1. The number of benzene rings is 2. The summed E-state index contributed by atoms with van der Waals surface area (Å²) < 4.78 is 24.4. The van der Waals surface area contributed by atoms with E-state index in [-0.39, 0.29) is 24.4 Å². The zero-order valence-electron chi connectivity index (χ0n) is 15.7. The first-order valence-electron chi connectivity index (χ1n) is 9.45. The van der Waals surface area contributed by atoms with Crippen LogP contribution in [0.3, 0.4) is 0 Å². The molecule has 7 heteroatoms. The SMILES string of the molecule is O=C(COc1ccc(F)cc1)N1CCC[C@H]1c1ncc(Cc2cccc(Cl)c2)o1. The Hall–Kier alpha value is -2.86.